The van der Waals surface area contributed by atoms with Crippen LogP contribution in [0.1, 0.15) is 83.7 Å². The molecule has 1 aromatic heterocycles. The summed E-state index contributed by atoms with van der Waals surface area (Å²) in [6.07, 6.45) is 7.15. The van der Waals surface area contributed by atoms with E-state index in [1.165, 1.54) is 0 Å². The summed E-state index contributed by atoms with van der Waals surface area (Å²) in [7, 11) is 0. The lowest BCUT2D eigenvalue weighted by atomic mass is 10.00. The molecular formula is C20H32O5. The van der Waals surface area contributed by atoms with Crippen molar-refractivity contribution in [3.63, 3.8) is 0 Å². The molecule has 1 unspecified atom stereocenters. The molecular weight excluding hydrogens is 320 g/mol. The highest BCUT2D eigenvalue weighted by atomic mass is 16.6. The number of rotatable bonds is 13. The fourth-order valence-electron chi connectivity index (χ4n) is 2.52. The summed E-state index contributed by atoms with van der Waals surface area (Å²) in [6, 6.07) is 3.50. The van der Waals surface area contributed by atoms with Crippen LogP contribution in [0.2, 0.25) is 0 Å². The van der Waals surface area contributed by atoms with Crippen molar-refractivity contribution in [2.24, 2.45) is 5.92 Å². The first-order valence-corrected chi connectivity index (χ1v) is 9.50. The van der Waals surface area contributed by atoms with Gasteiger partial charge in [-0.05, 0) is 31.4 Å². The van der Waals surface area contributed by atoms with Crippen molar-refractivity contribution in [3.05, 3.63) is 23.7 Å². The Labute approximate surface area is 151 Å². The zero-order chi connectivity index (χ0) is 18.5. The molecule has 0 bridgehead atoms. The van der Waals surface area contributed by atoms with E-state index in [0.717, 1.165) is 44.9 Å². The van der Waals surface area contributed by atoms with Crippen LogP contribution in [0.15, 0.2) is 16.5 Å². The maximum Gasteiger partial charge on any atom is 0.309 e. The summed E-state index contributed by atoms with van der Waals surface area (Å²) in [5.41, 5.74) is 0. The fourth-order valence-corrected chi connectivity index (χ4v) is 2.52. The topological polar surface area (TPSA) is 65.7 Å². The third-order valence-corrected chi connectivity index (χ3v) is 4.17. The molecule has 5 heteroatoms. The average Bonchev–Trinajstić information content (AvgIpc) is 3.07. The fraction of sp³-hybridized carbons (Fsp3) is 0.700. The van der Waals surface area contributed by atoms with Crippen molar-refractivity contribution in [1.29, 1.82) is 0 Å². The monoisotopic (exact) mass is 352 g/mol. The van der Waals surface area contributed by atoms with Crippen molar-refractivity contribution in [2.45, 2.75) is 85.4 Å². The molecule has 0 saturated heterocycles. The maximum absolute atomic E-state index is 12.1. The number of carbonyl (C=O) groups excluding carboxylic acids is 2. The number of hydrogen-bond acceptors (Lipinski definition) is 5. The molecule has 0 amide bonds. The number of carbonyl (C=O) groups is 2. The Bertz CT molecular complexity index is 506. The summed E-state index contributed by atoms with van der Waals surface area (Å²) in [5, 5.41) is 0. The van der Waals surface area contributed by atoms with Crippen LogP contribution in [-0.2, 0) is 32.3 Å². The molecule has 0 spiro atoms. The van der Waals surface area contributed by atoms with Gasteiger partial charge in [0.05, 0.1) is 5.92 Å². The average molecular weight is 352 g/mol. The van der Waals surface area contributed by atoms with Crippen LogP contribution in [0.25, 0.3) is 0 Å². The Kier molecular flexibility index (Phi) is 10.7. The zero-order valence-electron chi connectivity index (χ0n) is 15.8. The normalized spacial score (nSPS) is 12.0. The van der Waals surface area contributed by atoms with E-state index in [1.807, 2.05) is 6.92 Å². The number of esters is 2. The molecule has 0 aromatic carbocycles. The number of unbranched alkanes of at least 4 members (excludes halogenated alkanes) is 3. The molecule has 142 valence electrons. The predicted octanol–water partition coefficient (Wildman–Crippen LogP) is 5.16. The van der Waals surface area contributed by atoms with Crippen LogP contribution < -0.4 is 0 Å². The van der Waals surface area contributed by atoms with Crippen LogP contribution in [0.4, 0.5) is 0 Å². The third kappa shape index (κ3) is 8.75. The molecule has 1 aromatic rings. The molecule has 0 aliphatic carbocycles. The molecule has 0 fully saturated rings. The van der Waals surface area contributed by atoms with E-state index < -0.39 is 0 Å². The van der Waals surface area contributed by atoms with E-state index >= 15 is 0 Å². The van der Waals surface area contributed by atoms with Crippen molar-refractivity contribution < 1.29 is 23.5 Å². The summed E-state index contributed by atoms with van der Waals surface area (Å²) in [4.78, 5) is 23.6. The summed E-state index contributed by atoms with van der Waals surface area (Å²) in [5.74, 6) is 0.706. The van der Waals surface area contributed by atoms with Gasteiger partial charge in [0.25, 0.3) is 0 Å². The van der Waals surface area contributed by atoms with Crippen LogP contribution in [-0.4, -0.2) is 11.9 Å². The SMILES string of the molecule is CCCCCC(=O)OCc1ccc(COC(=O)C(CC)CCCC)o1. The third-order valence-electron chi connectivity index (χ3n) is 4.17. The van der Waals surface area contributed by atoms with Gasteiger partial charge in [-0.25, -0.2) is 0 Å². The molecule has 0 aliphatic heterocycles. The first kappa shape index (κ1) is 21.3. The molecule has 0 saturated carbocycles. The molecule has 1 heterocycles. The van der Waals surface area contributed by atoms with Gasteiger partial charge >= 0.3 is 11.9 Å². The Hall–Kier alpha value is -1.78. The number of furan rings is 1. The second kappa shape index (κ2) is 12.6. The Morgan fingerprint density at radius 3 is 2.20 bits per heavy atom. The minimum Gasteiger partial charge on any atom is -0.459 e. The lowest BCUT2D eigenvalue weighted by Crippen LogP contribution is -2.16. The highest BCUT2D eigenvalue weighted by molar-refractivity contribution is 5.72. The van der Waals surface area contributed by atoms with Gasteiger partial charge in [-0.2, -0.15) is 0 Å². The van der Waals surface area contributed by atoms with E-state index in [4.69, 9.17) is 13.9 Å². The van der Waals surface area contributed by atoms with Crippen LogP contribution in [0, 0.1) is 5.92 Å². The Balaban J connectivity index is 2.32. The van der Waals surface area contributed by atoms with Crippen molar-refractivity contribution in [1.82, 2.24) is 0 Å². The zero-order valence-corrected chi connectivity index (χ0v) is 15.8. The van der Waals surface area contributed by atoms with Gasteiger partial charge in [0.2, 0.25) is 0 Å². The minimum atomic E-state index is -0.209. The van der Waals surface area contributed by atoms with Crippen LogP contribution in [0.3, 0.4) is 0 Å². The molecule has 0 aliphatic rings. The van der Waals surface area contributed by atoms with E-state index in [9.17, 15) is 9.59 Å². The summed E-state index contributed by atoms with van der Waals surface area (Å²) in [6.45, 7) is 6.44. The van der Waals surface area contributed by atoms with E-state index in [0.29, 0.717) is 17.9 Å². The molecule has 0 N–H and O–H groups in total. The molecule has 0 radical (unpaired) electrons. The van der Waals surface area contributed by atoms with Crippen LogP contribution in [0.5, 0.6) is 0 Å². The van der Waals surface area contributed by atoms with E-state index in [1.54, 1.807) is 12.1 Å². The molecule has 25 heavy (non-hydrogen) atoms. The van der Waals surface area contributed by atoms with Gasteiger partial charge in [-0.1, -0.05) is 46.5 Å². The van der Waals surface area contributed by atoms with Gasteiger partial charge < -0.3 is 13.9 Å². The highest BCUT2D eigenvalue weighted by Crippen LogP contribution is 2.17. The lowest BCUT2D eigenvalue weighted by molar-refractivity contribution is -0.150. The standard InChI is InChI=1S/C20H32O5/c1-4-7-9-11-19(21)23-14-17-12-13-18(25-17)15-24-20(22)16(6-3)10-8-5-2/h12-13,16H,4-11,14-15H2,1-3H3. The predicted molar refractivity (Wildman–Crippen MR) is 95.7 cm³/mol. The second-order valence-electron chi connectivity index (χ2n) is 6.34. The number of ether oxygens (including phenoxy) is 2. The maximum atomic E-state index is 12.1. The van der Waals surface area contributed by atoms with Gasteiger partial charge in [0.1, 0.15) is 24.7 Å². The van der Waals surface area contributed by atoms with Crippen LogP contribution >= 0.6 is 0 Å². The lowest BCUT2D eigenvalue weighted by Gasteiger charge is -2.12. The molecule has 1 rings (SSSR count). The quantitative estimate of drug-likeness (QED) is 0.362. The largest absolute Gasteiger partial charge is 0.459 e. The van der Waals surface area contributed by atoms with Gasteiger partial charge in [0, 0.05) is 6.42 Å². The van der Waals surface area contributed by atoms with E-state index in [2.05, 4.69) is 13.8 Å². The highest BCUT2D eigenvalue weighted by Gasteiger charge is 2.18. The second-order valence-corrected chi connectivity index (χ2v) is 6.34. The van der Waals surface area contributed by atoms with Crippen molar-refractivity contribution >= 4 is 11.9 Å². The van der Waals surface area contributed by atoms with Gasteiger partial charge in [-0.15, -0.1) is 0 Å². The first-order chi connectivity index (χ1) is 12.1. The van der Waals surface area contributed by atoms with Gasteiger partial charge in [-0.3, -0.25) is 9.59 Å². The smallest absolute Gasteiger partial charge is 0.309 e. The Morgan fingerprint density at radius 1 is 0.960 bits per heavy atom. The Morgan fingerprint density at radius 2 is 1.60 bits per heavy atom. The van der Waals surface area contributed by atoms with Crippen molar-refractivity contribution in [3.8, 4) is 0 Å². The summed E-state index contributed by atoms with van der Waals surface area (Å²) >= 11 is 0. The van der Waals surface area contributed by atoms with Gasteiger partial charge in [0.15, 0.2) is 0 Å². The van der Waals surface area contributed by atoms with E-state index in [-0.39, 0.29) is 31.1 Å². The number of hydrogen-bond donors (Lipinski definition) is 0. The minimum absolute atomic E-state index is 0.0431. The molecule has 1 atom stereocenters. The van der Waals surface area contributed by atoms with Crippen molar-refractivity contribution in [2.75, 3.05) is 0 Å². The molecule has 5 nitrogen and oxygen atoms in total. The summed E-state index contributed by atoms with van der Waals surface area (Å²) < 4.78 is 16.1. The first-order valence-electron chi connectivity index (χ1n) is 9.50.